The van der Waals surface area contributed by atoms with Crippen LogP contribution in [0, 0.1) is 0 Å². The summed E-state index contributed by atoms with van der Waals surface area (Å²) in [6.07, 6.45) is 5.33. The van der Waals surface area contributed by atoms with Crippen LogP contribution in [0.3, 0.4) is 0 Å². The van der Waals surface area contributed by atoms with Crippen LogP contribution in [0.4, 0.5) is 0 Å². The second kappa shape index (κ2) is 4.53. The minimum Gasteiger partial charge on any atom is -0.324 e. The van der Waals surface area contributed by atoms with Crippen LogP contribution in [-0.2, 0) is 13.0 Å². The number of aromatic nitrogens is 1. The van der Waals surface area contributed by atoms with Crippen molar-refractivity contribution < 1.29 is 0 Å². The fourth-order valence-electron chi connectivity index (χ4n) is 2.67. The van der Waals surface area contributed by atoms with Crippen molar-refractivity contribution in [3.05, 3.63) is 40.5 Å². The van der Waals surface area contributed by atoms with Gasteiger partial charge in [-0.2, -0.15) is 0 Å². The first-order valence-electron chi connectivity index (χ1n) is 6.38. The first kappa shape index (κ1) is 12.0. The molecule has 0 saturated carbocycles. The highest BCUT2D eigenvalue weighted by atomic mass is 32.1. The van der Waals surface area contributed by atoms with Crippen molar-refractivity contribution in [3.63, 3.8) is 0 Å². The minimum atomic E-state index is 0.103. The van der Waals surface area contributed by atoms with Crippen LogP contribution in [0.15, 0.2) is 24.5 Å². The van der Waals surface area contributed by atoms with Gasteiger partial charge in [-0.1, -0.05) is 0 Å². The van der Waals surface area contributed by atoms with Gasteiger partial charge in [-0.05, 0) is 38.1 Å². The maximum absolute atomic E-state index is 6.20. The molecule has 0 aliphatic carbocycles. The van der Waals surface area contributed by atoms with Gasteiger partial charge in [-0.3, -0.25) is 0 Å². The summed E-state index contributed by atoms with van der Waals surface area (Å²) in [4.78, 5) is 3.86. The molecule has 18 heavy (non-hydrogen) atoms. The number of rotatable bonds is 2. The zero-order valence-electron chi connectivity index (χ0n) is 10.9. The van der Waals surface area contributed by atoms with Crippen LogP contribution < -0.4 is 5.73 Å². The average molecular weight is 261 g/mol. The third-order valence-corrected chi connectivity index (χ3v) is 4.81. The molecule has 0 fully saturated rings. The van der Waals surface area contributed by atoms with E-state index in [1.807, 2.05) is 11.3 Å². The van der Waals surface area contributed by atoms with Crippen LogP contribution in [0.5, 0.6) is 0 Å². The normalized spacial score (nSPS) is 17.7. The van der Waals surface area contributed by atoms with Crippen LogP contribution in [0.2, 0.25) is 0 Å². The third kappa shape index (κ3) is 1.90. The van der Waals surface area contributed by atoms with Gasteiger partial charge in [0.1, 0.15) is 5.00 Å². The number of likely N-dealkylation sites (N-methyl/N-ethyl adjacent to an activating group) is 1. The molecule has 0 radical (unpaired) electrons. The van der Waals surface area contributed by atoms with Gasteiger partial charge in [0.2, 0.25) is 0 Å². The van der Waals surface area contributed by atoms with Crippen LogP contribution in [-0.4, -0.2) is 23.1 Å². The van der Waals surface area contributed by atoms with E-state index >= 15 is 0 Å². The molecule has 96 valence electrons. The van der Waals surface area contributed by atoms with E-state index in [4.69, 9.17) is 5.73 Å². The lowest BCUT2D eigenvalue weighted by atomic mass is 9.99. The Labute approximate surface area is 112 Å². The molecule has 3 rings (SSSR count). The van der Waals surface area contributed by atoms with Gasteiger partial charge < -0.3 is 15.2 Å². The van der Waals surface area contributed by atoms with Crippen molar-refractivity contribution in [2.45, 2.75) is 25.9 Å². The Hall–Kier alpha value is -1.10. The zero-order valence-corrected chi connectivity index (χ0v) is 11.7. The molecule has 1 atom stereocenters. The molecule has 3 nitrogen and oxygen atoms in total. The first-order chi connectivity index (χ1) is 8.66. The number of thiophene rings is 1. The third-order valence-electron chi connectivity index (χ3n) is 3.56. The predicted molar refractivity (Wildman–Crippen MR) is 76.3 cm³/mol. The Morgan fingerprint density at radius 3 is 2.72 bits per heavy atom. The van der Waals surface area contributed by atoms with Crippen molar-refractivity contribution in [2.75, 3.05) is 13.6 Å². The van der Waals surface area contributed by atoms with Crippen molar-refractivity contribution in [2.24, 2.45) is 5.73 Å². The summed E-state index contributed by atoms with van der Waals surface area (Å²) in [7, 11) is 2.18. The minimum absolute atomic E-state index is 0.103. The highest BCUT2D eigenvalue weighted by molar-refractivity contribution is 7.15. The zero-order chi connectivity index (χ0) is 12.7. The first-order valence-corrected chi connectivity index (χ1v) is 7.20. The van der Waals surface area contributed by atoms with E-state index in [0.717, 1.165) is 19.5 Å². The van der Waals surface area contributed by atoms with E-state index in [1.165, 1.54) is 21.0 Å². The molecule has 3 heterocycles. The van der Waals surface area contributed by atoms with Crippen LogP contribution in [0.25, 0.3) is 5.00 Å². The monoisotopic (exact) mass is 261 g/mol. The summed E-state index contributed by atoms with van der Waals surface area (Å²) < 4.78 is 2.20. The molecule has 4 heteroatoms. The lowest BCUT2D eigenvalue weighted by Crippen LogP contribution is -2.26. The van der Waals surface area contributed by atoms with Crippen molar-refractivity contribution >= 4 is 11.3 Å². The van der Waals surface area contributed by atoms with Gasteiger partial charge in [-0.15, -0.1) is 11.3 Å². The Kier molecular flexibility index (Phi) is 3.01. The Bertz CT molecular complexity index is 540. The van der Waals surface area contributed by atoms with Gasteiger partial charge in [0.15, 0.2) is 0 Å². The molecule has 2 aromatic rings. The molecule has 1 aliphatic rings. The van der Waals surface area contributed by atoms with E-state index in [0.29, 0.717) is 0 Å². The van der Waals surface area contributed by atoms with Gasteiger partial charge in [0, 0.05) is 42.0 Å². The van der Waals surface area contributed by atoms with E-state index in [1.54, 1.807) is 0 Å². The summed E-state index contributed by atoms with van der Waals surface area (Å²) in [6, 6.07) is 4.23. The summed E-state index contributed by atoms with van der Waals surface area (Å²) >= 11 is 1.89. The van der Waals surface area contributed by atoms with Gasteiger partial charge in [-0.25, -0.2) is 0 Å². The standard InChI is InChI=1S/C14H19N3S/c1-10(15)13-11-5-8-16(2)9-12(11)18-14(13)17-6-3-4-7-17/h3-4,6-7,10H,5,8-9,15H2,1-2H3. The smallest absolute Gasteiger partial charge is 0.104 e. The number of nitrogens with two attached hydrogens (primary N) is 1. The number of nitrogens with zero attached hydrogens (tertiary/aromatic N) is 2. The number of hydrogen-bond acceptors (Lipinski definition) is 3. The van der Waals surface area contributed by atoms with E-state index in [9.17, 15) is 0 Å². The Morgan fingerprint density at radius 2 is 2.06 bits per heavy atom. The Morgan fingerprint density at radius 1 is 1.33 bits per heavy atom. The SMILES string of the molecule is CC(N)c1c(-n2cccc2)sc2c1CCN(C)C2. The summed E-state index contributed by atoms with van der Waals surface area (Å²) in [5, 5.41) is 1.30. The summed E-state index contributed by atoms with van der Waals surface area (Å²) in [5.41, 5.74) is 9.05. The second-order valence-corrected chi connectivity index (χ2v) is 6.17. The van der Waals surface area contributed by atoms with E-state index < -0.39 is 0 Å². The highest BCUT2D eigenvalue weighted by Gasteiger charge is 2.24. The second-order valence-electron chi connectivity index (χ2n) is 5.09. The molecule has 0 aromatic carbocycles. The molecular formula is C14H19N3S. The molecular weight excluding hydrogens is 242 g/mol. The lowest BCUT2D eigenvalue weighted by molar-refractivity contribution is 0.316. The fraction of sp³-hybridized carbons (Fsp3) is 0.429. The van der Waals surface area contributed by atoms with Crippen molar-refractivity contribution in [3.8, 4) is 5.00 Å². The molecule has 2 N–H and O–H groups in total. The molecule has 2 aromatic heterocycles. The predicted octanol–water partition coefficient (Wildman–Crippen LogP) is 2.55. The fourth-order valence-corrected chi connectivity index (χ4v) is 4.17. The quantitative estimate of drug-likeness (QED) is 0.901. The van der Waals surface area contributed by atoms with Crippen molar-refractivity contribution in [1.29, 1.82) is 0 Å². The topological polar surface area (TPSA) is 34.2 Å². The van der Waals surface area contributed by atoms with Crippen molar-refractivity contribution in [1.82, 2.24) is 9.47 Å². The molecule has 0 saturated heterocycles. The maximum Gasteiger partial charge on any atom is 0.104 e. The average Bonchev–Trinajstić information content (AvgIpc) is 2.93. The largest absolute Gasteiger partial charge is 0.324 e. The summed E-state index contributed by atoms with van der Waals surface area (Å²) in [5.74, 6) is 0. The summed E-state index contributed by atoms with van der Waals surface area (Å²) in [6.45, 7) is 4.28. The van der Waals surface area contributed by atoms with Crippen LogP contribution >= 0.6 is 11.3 Å². The van der Waals surface area contributed by atoms with Gasteiger partial charge in [0.05, 0.1) is 0 Å². The number of hydrogen-bond donors (Lipinski definition) is 1. The highest BCUT2D eigenvalue weighted by Crippen LogP contribution is 2.38. The molecule has 1 aliphatic heterocycles. The van der Waals surface area contributed by atoms with Crippen LogP contribution in [0.1, 0.15) is 29.0 Å². The van der Waals surface area contributed by atoms with Gasteiger partial charge >= 0.3 is 0 Å². The molecule has 0 amide bonds. The maximum atomic E-state index is 6.20. The molecule has 0 spiro atoms. The number of fused-ring (bicyclic) bond motifs is 1. The van der Waals surface area contributed by atoms with Gasteiger partial charge in [0.25, 0.3) is 0 Å². The molecule has 0 bridgehead atoms. The van der Waals surface area contributed by atoms with E-state index in [-0.39, 0.29) is 6.04 Å². The lowest BCUT2D eigenvalue weighted by Gasteiger charge is -2.23. The molecule has 1 unspecified atom stereocenters. The Balaban J connectivity index is 2.14. The van der Waals surface area contributed by atoms with E-state index in [2.05, 4.69) is 48.0 Å².